The maximum absolute atomic E-state index is 12.7. The Morgan fingerprint density at radius 2 is 1.90 bits per heavy atom. The van der Waals surface area contributed by atoms with Crippen LogP contribution in [0.5, 0.6) is 0 Å². The molecule has 3 aliphatic rings. The molecular formula is C22H28BrN3O4. The quantitative estimate of drug-likeness (QED) is 0.616. The van der Waals surface area contributed by atoms with Crippen molar-refractivity contribution in [2.24, 2.45) is 0 Å². The molecule has 3 fully saturated rings. The molecule has 7 nitrogen and oxygen atoms in total. The summed E-state index contributed by atoms with van der Waals surface area (Å²) in [6.07, 6.45) is 5.05. The number of nitrogens with zero attached hydrogens (tertiary/aromatic N) is 1. The Labute approximate surface area is 185 Å². The molecule has 4 amide bonds. The Hall–Kier alpha value is -1.93. The Morgan fingerprint density at radius 1 is 1.17 bits per heavy atom. The van der Waals surface area contributed by atoms with Crippen LogP contribution in [0.3, 0.4) is 0 Å². The van der Waals surface area contributed by atoms with E-state index in [1.54, 1.807) is 0 Å². The lowest BCUT2D eigenvalue weighted by atomic mass is 9.74. The maximum atomic E-state index is 12.7. The average Bonchev–Trinajstić information content (AvgIpc) is 3.31. The zero-order valence-electron chi connectivity index (χ0n) is 17.0. The number of urea groups is 1. The molecule has 1 spiro atoms. The Morgan fingerprint density at radius 3 is 2.60 bits per heavy atom. The van der Waals surface area contributed by atoms with E-state index in [0.717, 1.165) is 30.2 Å². The Bertz CT molecular complexity index is 831. The van der Waals surface area contributed by atoms with Crippen molar-refractivity contribution in [2.75, 3.05) is 26.3 Å². The zero-order chi connectivity index (χ0) is 21.2. The third kappa shape index (κ3) is 4.12. The van der Waals surface area contributed by atoms with Crippen molar-refractivity contribution in [3.05, 3.63) is 34.3 Å². The lowest BCUT2D eigenvalue weighted by Gasteiger charge is -2.38. The zero-order valence-corrected chi connectivity index (χ0v) is 18.6. The van der Waals surface area contributed by atoms with Gasteiger partial charge in [-0.2, -0.15) is 0 Å². The van der Waals surface area contributed by atoms with Crippen molar-refractivity contribution in [1.29, 1.82) is 0 Å². The van der Waals surface area contributed by atoms with Gasteiger partial charge in [0.2, 0.25) is 5.91 Å². The van der Waals surface area contributed by atoms with Gasteiger partial charge in [0.15, 0.2) is 0 Å². The number of nitrogens with one attached hydrogen (secondary N) is 2. The molecule has 162 valence electrons. The van der Waals surface area contributed by atoms with E-state index >= 15 is 0 Å². The topological polar surface area (TPSA) is 87.7 Å². The van der Waals surface area contributed by atoms with Crippen molar-refractivity contribution in [3.8, 4) is 0 Å². The van der Waals surface area contributed by atoms with E-state index in [1.165, 1.54) is 10.5 Å². The maximum Gasteiger partial charge on any atom is 0.325 e. The monoisotopic (exact) mass is 477 g/mol. The number of carbonyl (C=O) groups is 3. The number of hydrogen-bond acceptors (Lipinski definition) is 4. The van der Waals surface area contributed by atoms with E-state index in [-0.39, 0.29) is 36.2 Å². The van der Waals surface area contributed by atoms with Crippen LogP contribution >= 0.6 is 15.9 Å². The molecule has 0 atom stereocenters. The van der Waals surface area contributed by atoms with E-state index < -0.39 is 5.54 Å². The van der Waals surface area contributed by atoms with Crippen LogP contribution in [0.25, 0.3) is 0 Å². The van der Waals surface area contributed by atoms with Crippen molar-refractivity contribution in [1.82, 2.24) is 15.5 Å². The first kappa shape index (κ1) is 21.3. The van der Waals surface area contributed by atoms with Crippen LogP contribution in [0.15, 0.2) is 28.7 Å². The number of ether oxygens (including phenoxy) is 1. The standard InChI is InChI=1S/C22H28BrN3O4/c23-17-5-3-4-16(14-17)21(9-12-30-13-10-21)15-24-18(27)6-11-26-19(28)22(25-20(26)29)7-1-2-8-22/h3-5,14H,1-2,6-13,15H2,(H,24,27)(H,25,29). The summed E-state index contributed by atoms with van der Waals surface area (Å²) in [7, 11) is 0. The second-order valence-corrected chi connectivity index (χ2v) is 9.52. The SMILES string of the molecule is O=C(CCN1C(=O)NC2(CCCC2)C1=O)NCC1(c2cccc(Br)c2)CCOCC1. The summed E-state index contributed by atoms with van der Waals surface area (Å²) in [5, 5.41) is 5.90. The van der Waals surface area contributed by atoms with Gasteiger partial charge in [-0.05, 0) is 43.4 Å². The summed E-state index contributed by atoms with van der Waals surface area (Å²) in [4.78, 5) is 38.8. The van der Waals surface area contributed by atoms with Gasteiger partial charge in [0, 0.05) is 42.6 Å². The normalized spacial score (nSPS) is 22.4. The van der Waals surface area contributed by atoms with Gasteiger partial charge >= 0.3 is 6.03 Å². The second-order valence-electron chi connectivity index (χ2n) is 8.61. The van der Waals surface area contributed by atoms with Gasteiger partial charge in [0.1, 0.15) is 5.54 Å². The molecule has 1 aromatic rings. The van der Waals surface area contributed by atoms with Crippen molar-refractivity contribution in [3.63, 3.8) is 0 Å². The number of halogens is 1. The average molecular weight is 478 g/mol. The van der Waals surface area contributed by atoms with Crippen LogP contribution in [-0.4, -0.2) is 54.6 Å². The van der Waals surface area contributed by atoms with Crippen LogP contribution < -0.4 is 10.6 Å². The lowest BCUT2D eigenvalue weighted by molar-refractivity contribution is -0.131. The van der Waals surface area contributed by atoms with E-state index in [2.05, 4.69) is 38.7 Å². The third-order valence-electron chi connectivity index (χ3n) is 6.78. The molecule has 0 radical (unpaired) electrons. The minimum absolute atomic E-state index is 0.111. The molecule has 0 unspecified atom stereocenters. The summed E-state index contributed by atoms with van der Waals surface area (Å²) in [5.41, 5.74) is 0.282. The van der Waals surface area contributed by atoms with E-state index in [1.807, 2.05) is 12.1 Å². The molecule has 1 aromatic carbocycles. The van der Waals surface area contributed by atoms with Gasteiger partial charge in [0.05, 0.1) is 0 Å². The fourth-order valence-corrected chi connectivity index (χ4v) is 5.31. The molecule has 30 heavy (non-hydrogen) atoms. The summed E-state index contributed by atoms with van der Waals surface area (Å²) in [6, 6.07) is 7.83. The smallest absolute Gasteiger partial charge is 0.325 e. The molecule has 0 aromatic heterocycles. The molecule has 2 saturated heterocycles. The highest BCUT2D eigenvalue weighted by Gasteiger charge is 2.52. The van der Waals surface area contributed by atoms with Gasteiger partial charge in [-0.15, -0.1) is 0 Å². The van der Waals surface area contributed by atoms with Gasteiger partial charge in [-0.1, -0.05) is 40.9 Å². The Kier molecular flexibility index (Phi) is 6.16. The molecule has 1 aliphatic carbocycles. The van der Waals surface area contributed by atoms with Crippen LogP contribution in [0.2, 0.25) is 0 Å². The Balaban J connectivity index is 1.35. The molecule has 4 rings (SSSR count). The van der Waals surface area contributed by atoms with Gasteiger partial charge in [0.25, 0.3) is 5.91 Å². The van der Waals surface area contributed by atoms with Crippen molar-refractivity contribution < 1.29 is 19.1 Å². The fourth-order valence-electron chi connectivity index (χ4n) is 4.91. The minimum Gasteiger partial charge on any atom is -0.381 e. The number of carbonyl (C=O) groups excluding carboxylic acids is 3. The molecule has 0 bridgehead atoms. The molecule has 8 heteroatoms. The first-order valence-corrected chi connectivity index (χ1v) is 11.5. The summed E-state index contributed by atoms with van der Waals surface area (Å²) in [6.45, 7) is 1.95. The van der Waals surface area contributed by atoms with Crippen molar-refractivity contribution in [2.45, 2.75) is 55.9 Å². The number of benzene rings is 1. The largest absolute Gasteiger partial charge is 0.381 e. The van der Waals surface area contributed by atoms with Crippen molar-refractivity contribution >= 4 is 33.8 Å². The molecule has 1 saturated carbocycles. The number of hydrogen-bond donors (Lipinski definition) is 2. The van der Waals surface area contributed by atoms with E-state index in [9.17, 15) is 14.4 Å². The highest BCUT2D eigenvalue weighted by Crippen LogP contribution is 2.36. The van der Waals surface area contributed by atoms with Crippen LogP contribution in [0.4, 0.5) is 4.79 Å². The van der Waals surface area contributed by atoms with E-state index in [4.69, 9.17) is 4.74 Å². The third-order valence-corrected chi connectivity index (χ3v) is 7.27. The number of amides is 4. The second kappa shape index (κ2) is 8.67. The van der Waals surface area contributed by atoms with Gasteiger partial charge in [-0.3, -0.25) is 14.5 Å². The van der Waals surface area contributed by atoms with Gasteiger partial charge < -0.3 is 15.4 Å². The summed E-state index contributed by atoms with van der Waals surface area (Å²) >= 11 is 3.54. The first-order valence-electron chi connectivity index (χ1n) is 10.7. The highest BCUT2D eigenvalue weighted by atomic mass is 79.9. The molecule has 2 N–H and O–H groups in total. The molecular weight excluding hydrogens is 450 g/mol. The van der Waals surface area contributed by atoms with E-state index in [0.29, 0.717) is 32.6 Å². The van der Waals surface area contributed by atoms with Gasteiger partial charge in [-0.25, -0.2) is 4.79 Å². The predicted octanol–water partition coefficient (Wildman–Crippen LogP) is 2.87. The van der Waals surface area contributed by atoms with Crippen LogP contribution in [-0.2, 0) is 19.7 Å². The number of imide groups is 1. The van der Waals surface area contributed by atoms with Crippen LogP contribution in [0.1, 0.15) is 50.5 Å². The molecule has 2 heterocycles. The predicted molar refractivity (Wildman–Crippen MR) is 115 cm³/mol. The first-order chi connectivity index (χ1) is 14.4. The highest BCUT2D eigenvalue weighted by molar-refractivity contribution is 9.10. The summed E-state index contributed by atoms with van der Waals surface area (Å²) in [5.74, 6) is -0.323. The molecule has 2 aliphatic heterocycles. The lowest BCUT2D eigenvalue weighted by Crippen LogP contribution is -2.45. The number of rotatable bonds is 6. The van der Waals surface area contributed by atoms with Crippen LogP contribution in [0, 0.1) is 0 Å². The summed E-state index contributed by atoms with van der Waals surface area (Å²) < 4.78 is 6.57. The fraction of sp³-hybridized carbons (Fsp3) is 0.591. The minimum atomic E-state index is -0.722.